The molecule has 1 aromatic heterocycles. The Morgan fingerprint density at radius 1 is 1.00 bits per heavy atom. The quantitative estimate of drug-likeness (QED) is 0.797. The number of aliphatic hydroxyl groups excluding tert-OH is 1. The molecular formula is C16H13ClN2O. The van der Waals surface area contributed by atoms with Crippen molar-refractivity contribution < 1.29 is 5.11 Å². The van der Waals surface area contributed by atoms with Crippen LogP contribution in [-0.4, -0.2) is 14.9 Å². The topological polar surface area (TPSA) is 38.0 Å². The highest BCUT2D eigenvalue weighted by atomic mass is 35.5. The lowest BCUT2D eigenvalue weighted by Crippen LogP contribution is -1.95. The van der Waals surface area contributed by atoms with E-state index >= 15 is 0 Å². The molecule has 0 amide bonds. The lowest BCUT2D eigenvalue weighted by atomic mass is 10.1. The van der Waals surface area contributed by atoms with Gasteiger partial charge in [-0.2, -0.15) is 5.10 Å². The molecule has 0 atom stereocenters. The molecule has 1 heterocycles. The molecule has 0 bridgehead atoms. The van der Waals surface area contributed by atoms with Gasteiger partial charge < -0.3 is 5.11 Å². The largest absolute Gasteiger partial charge is 0.392 e. The fraction of sp³-hybridized carbons (Fsp3) is 0.0625. The minimum Gasteiger partial charge on any atom is -0.392 e. The summed E-state index contributed by atoms with van der Waals surface area (Å²) in [6.45, 7) is -0.0608. The molecule has 1 N–H and O–H groups in total. The zero-order chi connectivity index (χ0) is 13.9. The smallest absolute Gasteiger partial charge is 0.0982 e. The summed E-state index contributed by atoms with van der Waals surface area (Å²) < 4.78 is 1.70. The average Bonchev–Trinajstić information content (AvgIpc) is 2.92. The second-order valence-electron chi connectivity index (χ2n) is 4.42. The maximum atomic E-state index is 9.52. The van der Waals surface area contributed by atoms with Crippen LogP contribution in [0.5, 0.6) is 0 Å². The van der Waals surface area contributed by atoms with E-state index < -0.39 is 0 Å². The standard InChI is InChI=1S/C16H13ClN2O/c17-14-8-4-5-9-15(14)19-10-13(11-20)16(18-19)12-6-2-1-3-7-12/h1-10,20H,11H2. The molecular weight excluding hydrogens is 272 g/mol. The second-order valence-corrected chi connectivity index (χ2v) is 4.83. The first-order chi connectivity index (χ1) is 9.79. The second kappa shape index (κ2) is 5.49. The van der Waals surface area contributed by atoms with Gasteiger partial charge in [0.15, 0.2) is 0 Å². The van der Waals surface area contributed by atoms with Gasteiger partial charge >= 0.3 is 0 Å². The van der Waals surface area contributed by atoms with E-state index in [4.69, 9.17) is 11.6 Å². The highest BCUT2D eigenvalue weighted by molar-refractivity contribution is 6.32. The third-order valence-corrected chi connectivity index (χ3v) is 3.43. The summed E-state index contributed by atoms with van der Waals surface area (Å²) in [5.74, 6) is 0. The summed E-state index contributed by atoms with van der Waals surface area (Å²) in [4.78, 5) is 0. The van der Waals surface area contributed by atoms with E-state index in [2.05, 4.69) is 5.10 Å². The van der Waals surface area contributed by atoms with Crippen molar-refractivity contribution >= 4 is 11.6 Å². The van der Waals surface area contributed by atoms with E-state index in [-0.39, 0.29) is 6.61 Å². The molecule has 3 rings (SSSR count). The fourth-order valence-electron chi connectivity index (χ4n) is 2.13. The lowest BCUT2D eigenvalue weighted by Gasteiger charge is -2.03. The number of aliphatic hydroxyl groups is 1. The van der Waals surface area contributed by atoms with Gasteiger partial charge in [0, 0.05) is 17.3 Å². The van der Waals surface area contributed by atoms with Crippen molar-refractivity contribution in [2.45, 2.75) is 6.61 Å². The molecule has 2 aromatic carbocycles. The predicted octanol–water partition coefficient (Wildman–Crippen LogP) is 3.69. The van der Waals surface area contributed by atoms with Gasteiger partial charge in [-0.1, -0.05) is 54.1 Å². The summed E-state index contributed by atoms with van der Waals surface area (Å²) in [5.41, 5.74) is 3.32. The van der Waals surface area contributed by atoms with Crippen molar-refractivity contribution in [2.75, 3.05) is 0 Å². The molecule has 0 saturated heterocycles. The van der Waals surface area contributed by atoms with Crippen molar-refractivity contribution in [1.29, 1.82) is 0 Å². The molecule has 0 saturated carbocycles. The van der Waals surface area contributed by atoms with Gasteiger partial charge in [0.05, 0.1) is 23.0 Å². The Balaban J connectivity index is 2.13. The Labute approximate surface area is 122 Å². The van der Waals surface area contributed by atoms with E-state index in [1.165, 1.54) is 0 Å². The molecule has 0 radical (unpaired) electrons. The van der Waals surface area contributed by atoms with Gasteiger partial charge in [-0.3, -0.25) is 0 Å². The molecule has 0 fully saturated rings. The van der Waals surface area contributed by atoms with Gasteiger partial charge in [-0.15, -0.1) is 0 Å². The first kappa shape index (κ1) is 12.9. The Kier molecular flexibility index (Phi) is 3.54. The van der Waals surface area contributed by atoms with Crippen molar-refractivity contribution in [3.63, 3.8) is 0 Å². The minimum absolute atomic E-state index is 0.0608. The van der Waals surface area contributed by atoms with Crippen LogP contribution in [0.2, 0.25) is 5.02 Å². The SMILES string of the molecule is OCc1cn(-c2ccccc2Cl)nc1-c1ccccc1. The minimum atomic E-state index is -0.0608. The molecule has 0 unspecified atom stereocenters. The fourth-order valence-corrected chi connectivity index (χ4v) is 2.35. The summed E-state index contributed by atoms with van der Waals surface area (Å²) in [5, 5.41) is 14.7. The maximum Gasteiger partial charge on any atom is 0.0982 e. The first-order valence-electron chi connectivity index (χ1n) is 6.29. The number of benzene rings is 2. The summed E-state index contributed by atoms with van der Waals surface area (Å²) in [6, 6.07) is 17.3. The zero-order valence-corrected chi connectivity index (χ0v) is 11.5. The Morgan fingerprint density at radius 3 is 2.40 bits per heavy atom. The number of nitrogens with zero attached hydrogens (tertiary/aromatic N) is 2. The van der Waals surface area contributed by atoms with Crippen molar-refractivity contribution in [3.8, 4) is 16.9 Å². The Hall–Kier alpha value is -2.10. The number of aromatic nitrogens is 2. The van der Waals surface area contributed by atoms with Crippen LogP contribution in [0.25, 0.3) is 16.9 Å². The van der Waals surface area contributed by atoms with E-state index in [0.29, 0.717) is 5.02 Å². The number of hydrogen-bond donors (Lipinski definition) is 1. The number of para-hydroxylation sites is 1. The Morgan fingerprint density at radius 2 is 1.70 bits per heavy atom. The van der Waals surface area contributed by atoms with Crippen LogP contribution in [0.1, 0.15) is 5.56 Å². The maximum absolute atomic E-state index is 9.52. The van der Waals surface area contributed by atoms with Gasteiger partial charge in [0.1, 0.15) is 0 Å². The van der Waals surface area contributed by atoms with Crippen LogP contribution in [0.4, 0.5) is 0 Å². The van der Waals surface area contributed by atoms with Crippen molar-refractivity contribution in [3.05, 3.63) is 71.4 Å². The molecule has 0 aliphatic rings. The average molecular weight is 285 g/mol. The van der Waals surface area contributed by atoms with Crippen molar-refractivity contribution in [2.24, 2.45) is 0 Å². The number of halogens is 1. The van der Waals surface area contributed by atoms with E-state index in [1.807, 2.05) is 60.8 Å². The predicted molar refractivity (Wildman–Crippen MR) is 79.9 cm³/mol. The number of hydrogen-bond acceptors (Lipinski definition) is 2. The molecule has 4 heteroatoms. The summed E-state index contributed by atoms with van der Waals surface area (Å²) >= 11 is 6.19. The van der Waals surface area contributed by atoms with Crippen LogP contribution in [0.3, 0.4) is 0 Å². The highest BCUT2D eigenvalue weighted by Crippen LogP contribution is 2.26. The Bertz CT molecular complexity index is 722. The van der Waals surface area contributed by atoms with Crippen LogP contribution in [-0.2, 0) is 6.61 Å². The zero-order valence-electron chi connectivity index (χ0n) is 10.7. The van der Waals surface area contributed by atoms with Gasteiger partial charge in [-0.25, -0.2) is 4.68 Å². The third kappa shape index (κ3) is 2.33. The summed E-state index contributed by atoms with van der Waals surface area (Å²) in [7, 11) is 0. The lowest BCUT2D eigenvalue weighted by molar-refractivity contribution is 0.282. The molecule has 0 spiro atoms. The monoisotopic (exact) mass is 284 g/mol. The molecule has 20 heavy (non-hydrogen) atoms. The van der Waals surface area contributed by atoms with Gasteiger partial charge in [0.25, 0.3) is 0 Å². The van der Waals surface area contributed by atoms with Gasteiger partial charge in [-0.05, 0) is 12.1 Å². The third-order valence-electron chi connectivity index (χ3n) is 3.11. The van der Waals surface area contributed by atoms with Crippen LogP contribution in [0, 0.1) is 0 Å². The highest BCUT2D eigenvalue weighted by Gasteiger charge is 2.12. The van der Waals surface area contributed by atoms with Crippen LogP contribution >= 0.6 is 11.6 Å². The molecule has 3 aromatic rings. The van der Waals surface area contributed by atoms with Crippen LogP contribution < -0.4 is 0 Å². The molecule has 0 aliphatic carbocycles. The number of rotatable bonds is 3. The molecule has 100 valence electrons. The van der Waals surface area contributed by atoms with Gasteiger partial charge in [0.2, 0.25) is 0 Å². The van der Waals surface area contributed by atoms with E-state index in [1.54, 1.807) is 4.68 Å². The van der Waals surface area contributed by atoms with Crippen molar-refractivity contribution in [1.82, 2.24) is 9.78 Å². The van der Waals surface area contributed by atoms with E-state index in [9.17, 15) is 5.11 Å². The normalized spacial score (nSPS) is 10.7. The first-order valence-corrected chi connectivity index (χ1v) is 6.67. The molecule has 3 nitrogen and oxygen atoms in total. The summed E-state index contributed by atoms with van der Waals surface area (Å²) in [6.07, 6.45) is 1.81. The molecule has 0 aliphatic heterocycles. The van der Waals surface area contributed by atoms with Crippen LogP contribution in [0.15, 0.2) is 60.8 Å². The van der Waals surface area contributed by atoms with E-state index in [0.717, 1.165) is 22.5 Å².